The number of aliphatic imine (C=N–C) groups is 1. The van der Waals surface area contributed by atoms with Gasteiger partial charge in [-0.25, -0.2) is 0 Å². The Morgan fingerprint density at radius 3 is 3.04 bits per heavy atom. The van der Waals surface area contributed by atoms with Gasteiger partial charge in [0.05, 0.1) is 17.8 Å². The molecule has 2 aliphatic rings. The molecule has 5 nitrogen and oxygen atoms in total. The molecule has 0 amide bonds. The summed E-state index contributed by atoms with van der Waals surface area (Å²) < 4.78 is 0. The minimum Gasteiger partial charge on any atom is -0.481 e. The van der Waals surface area contributed by atoms with Gasteiger partial charge in [-0.3, -0.25) is 9.79 Å². The summed E-state index contributed by atoms with van der Waals surface area (Å²) in [6, 6.07) is 8.10. The van der Waals surface area contributed by atoms with E-state index in [1.807, 2.05) is 36.5 Å². The molecule has 1 aromatic carbocycles. The highest BCUT2D eigenvalue weighted by molar-refractivity contribution is 8.14. The zero-order valence-corrected chi connectivity index (χ0v) is 14.1. The van der Waals surface area contributed by atoms with Crippen molar-refractivity contribution in [3.63, 3.8) is 0 Å². The van der Waals surface area contributed by atoms with Crippen LogP contribution in [-0.2, 0) is 4.79 Å². The first-order valence-corrected chi connectivity index (χ1v) is 8.82. The third-order valence-corrected chi connectivity index (χ3v) is 5.26. The molecule has 2 unspecified atom stereocenters. The van der Waals surface area contributed by atoms with Crippen molar-refractivity contribution in [1.29, 1.82) is 0 Å². The smallest absolute Gasteiger partial charge is 0.313 e. The molecule has 1 aliphatic carbocycles. The average molecular weight is 360 g/mol. The molecule has 0 fully saturated rings. The number of aliphatic carboxylic acids is 1. The van der Waals surface area contributed by atoms with E-state index in [2.05, 4.69) is 21.4 Å². The van der Waals surface area contributed by atoms with E-state index in [9.17, 15) is 4.79 Å². The molecule has 0 radical (unpaired) electrons. The minimum absolute atomic E-state index is 0.0105. The average Bonchev–Trinajstić information content (AvgIpc) is 3.17. The number of allylic oxidation sites excluding steroid dienone is 2. The van der Waals surface area contributed by atoms with Gasteiger partial charge in [-0.2, -0.15) is 0 Å². The summed E-state index contributed by atoms with van der Waals surface area (Å²) in [6.45, 7) is 0. The molecule has 1 aromatic heterocycles. The fourth-order valence-electron chi connectivity index (χ4n) is 2.92. The molecule has 4 rings (SSSR count). The summed E-state index contributed by atoms with van der Waals surface area (Å²) in [7, 11) is 0. The number of hydrogen-bond donors (Lipinski definition) is 3. The van der Waals surface area contributed by atoms with Crippen molar-refractivity contribution in [1.82, 2.24) is 10.3 Å². The van der Waals surface area contributed by atoms with Crippen LogP contribution in [-0.4, -0.2) is 39.1 Å². The quantitative estimate of drug-likeness (QED) is 0.786. The number of amidine groups is 1. The van der Waals surface area contributed by atoms with Crippen LogP contribution in [0.2, 0.25) is 0 Å². The second-order valence-electron chi connectivity index (χ2n) is 5.65. The maximum absolute atomic E-state index is 10.7. The second kappa shape index (κ2) is 6.03. The fraction of sp³-hybridized carbons (Fsp3) is 0.176. The first-order valence-electron chi connectivity index (χ1n) is 7.46. The van der Waals surface area contributed by atoms with Crippen LogP contribution in [0.15, 0.2) is 52.6 Å². The van der Waals surface area contributed by atoms with Crippen molar-refractivity contribution in [2.24, 2.45) is 4.99 Å². The lowest BCUT2D eigenvalue weighted by Crippen LogP contribution is -2.33. The van der Waals surface area contributed by atoms with Crippen LogP contribution in [0.25, 0.3) is 16.5 Å². The van der Waals surface area contributed by atoms with Gasteiger partial charge in [0.1, 0.15) is 0 Å². The Morgan fingerprint density at radius 2 is 2.21 bits per heavy atom. The summed E-state index contributed by atoms with van der Waals surface area (Å²) in [5.74, 6) is -0.868. The first kappa shape index (κ1) is 15.4. The molecule has 2 heterocycles. The van der Waals surface area contributed by atoms with Gasteiger partial charge in [0, 0.05) is 16.7 Å². The number of rotatable bonds is 3. The number of benzene rings is 1. The number of hydrogen-bond acceptors (Lipinski definition) is 4. The third-order valence-electron chi connectivity index (χ3n) is 4.04. The lowest BCUT2D eigenvalue weighted by atomic mass is 9.94. The molecule has 2 aromatic rings. The summed E-state index contributed by atoms with van der Waals surface area (Å²) in [6.07, 6.45) is 5.90. The summed E-state index contributed by atoms with van der Waals surface area (Å²) >= 11 is 7.67. The molecule has 122 valence electrons. The topological polar surface area (TPSA) is 77.5 Å². The third kappa shape index (κ3) is 2.83. The van der Waals surface area contributed by atoms with Crippen LogP contribution in [0.1, 0.15) is 5.56 Å². The minimum atomic E-state index is -0.857. The van der Waals surface area contributed by atoms with Crippen LogP contribution in [0.3, 0.4) is 0 Å². The molecule has 1 aliphatic heterocycles. The van der Waals surface area contributed by atoms with Gasteiger partial charge in [-0.15, -0.1) is 0 Å². The van der Waals surface area contributed by atoms with E-state index >= 15 is 0 Å². The standard InChI is InChI=1S/C17H14ClN3O2S/c18-12-7-15-14(20-17(21-15)24-8-16(22)23)6-11(12)9-1-2-13-10(5-9)3-4-19-13/h1-7,14-15,19H,8H2,(H,20,21)(H,22,23). The predicted octanol–water partition coefficient (Wildman–Crippen LogP) is 3.20. The van der Waals surface area contributed by atoms with Crippen LogP contribution < -0.4 is 5.32 Å². The lowest BCUT2D eigenvalue weighted by Gasteiger charge is -2.20. The maximum atomic E-state index is 10.7. The van der Waals surface area contributed by atoms with Crippen molar-refractivity contribution in [2.45, 2.75) is 12.1 Å². The largest absolute Gasteiger partial charge is 0.481 e. The molecule has 3 N–H and O–H groups in total. The van der Waals surface area contributed by atoms with Gasteiger partial charge in [-0.1, -0.05) is 29.4 Å². The van der Waals surface area contributed by atoms with E-state index in [1.165, 1.54) is 11.8 Å². The summed E-state index contributed by atoms with van der Waals surface area (Å²) in [5, 5.41) is 14.5. The molecular formula is C17H14ClN3O2S. The van der Waals surface area contributed by atoms with Crippen molar-refractivity contribution in [2.75, 3.05) is 5.75 Å². The zero-order chi connectivity index (χ0) is 16.7. The number of aromatic amines is 1. The van der Waals surface area contributed by atoms with Crippen molar-refractivity contribution in [3.8, 4) is 0 Å². The van der Waals surface area contributed by atoms with Gasteiger partial charge in [0.15, 0.2) is 5.17 Å². The number of halogens is 1. The normalized spacial score (nSPS) is 22.5. The monoisotopic (exact) mass is 359 g/mol. The first-order chi connectivity index (χ1) is 11.6. The van der Waals surface area contributed by atoms with E-state index in [-0.39, 0.29) is 17.8 Å². The Hall–Kier alpha value is -2.18. The van der Waals surface area contributed by atoms with Gasteiger partial charge in [0.2, 0.25) is 0 Å². The van der Waals surface area contributed by atoms with E-state index in [4.69, 9.17) is 16.7 Å². The van der Waals surface area contributed by atoms with Gasteiger partial charge in [0.25, 0.3) is 0 Å². The van der Waals surface area contributed by atoms with Crippen molar-refractivity contribution < 1.29 is 9.90 Å². The Balaban J connectivity index is 1.63. The number of thioether (sulfide) groups is 1. The number of carboxylic acids is 1. The number of fused-ring (bicyclic) bond motifs is 2. The number of aromatic nitrogens is 1. The van der Waals surface area contributed by atoms with Gasteiger partial charge < -0.3 is 15.4 Å². The summed E-state index contributed by atoms with van der Waals surface area (Å²) in [5.41, 5.74) is 3.08. The fourth-order valence-corrected chi connectivity index (χ4v) is 3.91. The van der Waals surface area contributed by atoms with Gasteiger partial charge >= 0.3 is 5.97 Å². The Bertz CT molecular complexity index is 915. The maximum Gasteiger partial charge on any atom is 0.313 e. The second-order valence-corrected chi connectivity index (χ2v) is 7.02. The highest BCUT2D eigenvalue weighted by Gasteiger charge is 2.30. The van der Waals surface area contributed by atoms with Crippen LogP contribution >= 0.6 is 23.4 Å². The summed E-state index contributed by atoms with van der Waals surface area (Å²) in [4.78, 5) is 18.4. The Kier molecular flexibility index (Phi) is 3.86. The SMILES string of the molecule is O=C(O)CSC1=NC2C=C(c3ccc4[nH]ccc4c3)C(Cl)=CC2N1. The Morgan fingerprint density at radius 1 is 1.33 bits per heavy atom. The number of nitrogens with zero attached hydrogens (tertiary/aromatic N) is 1. The molecule has 2 atom stereocenters. The number of carboxylic acid groups (broad SMARTS) is 1. The number of H-pyrrole nitrogens is 1. The van der Waals surface area contributed by atoms with Crippen molar-refractivity contribution >= 4 is 51.0 Å². The Labute approximate surface area is 147 Å². The van der Waals surface area contributed by atoms with E-state index in [0.29, 0.717) is 10.2 Å². The van der Waals surface area contributed by atoms with Crippen LogP contribution in [0, 0.1) is 0 Å². The van der Waals surface area contributed by atoms with E-state index in [1.54, 1.807) is 0 Å². The van der Waals surface area contributed by atoms with E-state index < -0.39 is 5.97 Å². The van der Waals surface area contributed by atoms with Gasteiger partial charge in [-0.05, 0) is 46.9 Å². The molecule has 0 bridgehead atoms. The molecule has 0 saturated heterocycles. The highest BCUT2D eigenvalue weighted by Crippen LogP contribution is 2.35. The highest BCUT2D eigenvalue weighted by atomic mass is 35.5. The number of nitrogens with one attached hydrogen (secondary N) is 2. The molecule has 0 spiro atoms. The molecular weight excluding hydrogens is 346 g/mol. The van der Waals surface area contributed by atoms with Crippen LogP contribution in [0.4, 0.5) is 0 Å². The molecule has 7 heteroatoms. The van der Waals surface area contributed by atoms with E-state index in [0.717, 1.165) is 22.0 Å². The zero-order valence-electron chi connectivity index (χ0n) is 12.5. The lowest BCUT2D eigenvalue weighted by molar-refractivity contribution is -0.133. The molecule has 0 saturated carbocycles. The van der Waals surface area contributed by atoms with Crippen molar-refractivity contribution in [3.05, 3.63) is 53.2 Å². The predicted molar refractivity (Wildman–Crippen MR) is 98.5 cm³/mol. The van der Waals surface area contributed by atoms with Crippen LogP contribution in [0.5, 0.6) is 0 Å². The molecule has 24 heavy (non-hydrogen) atoms. The number of carbonyl (C=O) groups is 1.